The van der Waals surface area contributed by atoms with Crippen molar-refractivity contribution in [3.05, 3.63) is 27.4 Å². The zero-order valence-corrected chi connectivity index (χ0v) is 9.50. The predicted molar refractivity (Wildman–Crippen MR) is 58.9 cm³/mol. The molecular weight excluding hydrogens is 248 g/mol. The van der Waals surface area contributed by atoms with E-state index in [1.54, 1.807) is 0 Å². The maximum atomic E-state index is 11.6. The van der Waals surface area contributed by atoms with E-state index in [2.05, 4.69) is 4.98 Å². The van der Waals surface area contributed by atoms with Gasteiger partial charge < -0.3 is 20.1 Å². The van der Waals surface area contributed by atoms with E-state index in [1.807, 2.05) is 0 Å². The van der Waals surface area contributed by atoms with Gasteiger partial charge in [-0.2, -0.15) is 0 Å². The van der Waals surface area contributed by atoms with Gasteiger partial charge in [0.1, 0.15) is 23.0 Å². The number of aliphatic hydroxyl groups excluding tert-OH is 3. The molecule has 17 heavy (non-hydrogen) atoms. The fraction of sp³-hybridized carbons (Fsp3) is 0.556. The molecule has 0 unspecified atom stereocenters. The quantitative estimate of drug-likeness (QED) is 0.483. The number of nitrogens with one attached hydrogen (secondary N) is 1. The van der Waals surface area contributed by atoms with Crippen LogP contribution in [0.15, 0.2) is 17.1 Å². The number of aromatic amines is 1. The van der Waals surface area contributed by atoms with Gasteiger partial charge in [0.15, 0.2) is 6.23 Å². The normalized spacial score (nSPS) is 32.9. The van der Waals surface area contributed by atoms with E-state index >= 15 is 0 Å². The first kappa shape index (κ1) is 12.4. The summed E-state index contributed by atoms with van der Waals surface area (Å²) in [6.45, 7) is -0.438. The molecule has 7 nitrogen and oxygen atoms in total. The Morgan fingerprint density at radius 2 is 2.18 bits per heavy atom. The monoisotopic (exact) mass is 260 g/mol. The number of rotatable bonds is 2. The molecule has 1 aromatic heterocycles. The number of nitrogens with zero attached hydrogens (tertiary/aromatic N) is 1. The van der Waals surface area contributed by atoms with Gasteiger partial charge in [0.25, 0.3) is 0 Å². The lowest BCUT2D eigenvalue weighted by molar-refractivity contribution is -0.0550. The van der Waals surface area contributed by atoms with Gasteiger partial charge in [-0.3, -0.25) is 9.55 Å². The molecule has 4 N–H and O–H groups in total. The molecular formula is C9H12N2O5S. The molecule has 8 heteroatoms. The first-order valence-electron chi connectivity index (χ1n) is 4.98. The Hall–Kier alpha value is -1.06. The minimum absolute atomic E-state index is 0.262. The minimum atomic E-state index is -1.28. The van der Waals surface area contributed by atoms with Crippen molar-refractivity contribution < 1.29 is 20.1 Å². The summed E-state index contributed by atoms with van der Waals surface area (Å²) < 4.78 is 6.55. The molecule has 0 amide bonds. The maximum absolute atomic E-state index is 11.6. The first-order valence-corrected chi connectivity index (χ1v) is 5.39. The summed E-state index contributed by atoms with van der Waals surface area (Å²) >= 11 is 4.77. The Labute approximate surface area is 101 Å². The van der Waals surface area contributed by atoms with Crippen LogP contribution in [0.25, 0.3) is 0 Å². The second-order valence-corrected chi connectivity index (χ2v) is 4.19. The molecule has 0 radical (unpaired) electrons. The van der Waals surface area contributed by atoms with Crippen molar-refractivity contribution in [1.29, 1.82) is 0 Å². The fourth-order valence-electron chi connectivity index (χ4n) is 1.74. The molecule has 0 bridgehead atoms. The van der Waals surface area contributed by atoms with E-state index < -0.39 is 36.8 Å². The fourth-order valence-corrected chi connectivity index (χ4v) is 1.89. The second-order valence-electron chi connectivity index (χ2n) is 3.75. The molecule has 2 heterocycles. The number of H-pyrrole nitrogens is 1. The molecule has 4 atom stereocenters. The van der Waals surface area contributed by atoms with Crippen LogP contribution in [0, 0.1) is 4.64 Å². The summed E-state index contributed by atoms with van der Waals surface area (Å²) in [6, 6.07) is 1.46. The third-order valence-corrected chi connectivity index (χ3v) is 2.88. The Balaban J connectivity index is 2.35. The van der Waals surface area contributed by atoms with E-state index in [0.717, 1.165) is 4.57 Å². The SMILES string of the molecule is O=c1[nH]c(=S)ccn1[C@@H]1O[C@H](CO)[C@H](O)[C@H]1O. The molecule has 0 aliphatic carbocycles. The van der Waals surface area contributed by atoms with Gasteiger partial charge >= 0.3 is 5.69 Å². The lowest BCUT2D eigenvalue weighted by Gasteiger charge is -2.16. The van der Waals surface area contributed by atoms with Crippen molar-refractivity contribution in [3.63, 3.8) is 0 Å². The molecule has 0 spiro atoms. The van der Waals surface area contributed by atoms with Crippen LogP contribution in [0.1, 0.15) is 6.23 Å². The summed E-state index contributed by atoms with van der Waals surface area (Å²) in [5.74, 6) is 0. The highest BCUT2D eigenvalue weighted by atomic mass is 32.1. The largest absolute Gasteiger partial charge is 0.394 e. The van der Waals surface area contributed by atoms with Crippen LogP contribution >= 0.6 is 12.2 Å². The van der Waals surface area contributed by atoms with Gasteiger partial charge in [-0.05, 0) is 6.07 Å². The number of aromatic nitrogens is 2. The molecule has 0 saturated carbocycles. The second kappa shape index (κ2) is 4.67. The third kappa shape index (κ3) is 2.17. The van der Waals surface area contributed by atoms with Gasteiger partial charge in [-0.1, -0.05) is 12.2 Å². The summed E-state index contributed by atoms with van der Waals surface area (Å²) in [7, 11) is 0. The topological polar surface area (TPSA) is 108 Å². The van der Waals surface area contributed by atoms with Gasteiger partial charge in [-0.15, -0.1) is 0 Å². The standard InChI is InChI=1S/C9H12N2O5S/c12-3-4-6(13)7(14)8(16-4)11-2-1-5(17)10-9(11)15/h1-2,4,6-8,12-14H,3H2,(H,10,15,17)/t4-,6+,7-,8-/m1/s1. The molecule has 1 fully saturated rings. The smallest absolute Gasteiger partial charge is 0.328 e. The number of hydrogen-bond donors (Lipinski definition) is 4. The molecule has 0 aromatic carbocycles. The zero-order chi connectivity index (χ0) is 12.6. The lowest BCUT2D eigenvalue weighted by atomic mass is 10.1. The van der Waals surface area contributed by atoms with Crippen LogP contribution in [-0.2, 0) is 4.74 Å². The van der Waals surface area contributed by atoms with Crippen molar-refractivity contribution in [1.82, 2.24) is 9.55 Å². The van der Waals surface area contributed by atoms with E-state index in [0.29, 0.717) is 0 Å². The number of hydrogen-bond acceptors (Lipinski definition) is 6. The molecule has 94 valence electrons. The predicted octanol–water partition coefficient (Wildman–Crippen LogP) is -1.48. The Kier molecular flexibility index (Phi) is 3.40. The Morgan fingerprint density at radius 3 is 2.71 bits per heavy atom. The zero-order valence-electron chi connectivity index (χ0n) is 8.68. The van der Waals surface area contributed by atoms with E-state index in [-0.39, 0.29) is 4.64 Å². The number of ether oxygens (including phenoxy) is 1. The minimum Gasteiger partial charge on any atom is -0.394 e. The van der Waals surface area contributed by atoms with Crippen molar-refractivity contribution in [3.8, 4) is 0 Å². The van der Waals surface area contributed by atoms with Gasteiger partial charge in [0, 0.05) is 6.20 Å². The van der Waals surface area contributed by atoms with Crippen molar-refractivity contribution >= 4 is 12.2 Å². The highest BCUT2D eigenvalue weighted by molar-refractivity contribution is 7.71. The molecule has 1 aliphatic rings. The van der Waals surface area contributed by atoms with E-state index in [1.165, 1.54) is 12.3 Å². The highest BCUT2D eigenvalue weighted by Crippen LogP contribution is 2.27. The van der Waals surface area contributed by atoms with Crippen molar-refractivity contribution in [2.24, 2.45) is 0 Å². The highest BCUT2D eigenvalue weighted by Gasteiger charge is 2.43. The summed E-state index contributed by atoms with van der Waals surface area (Å²) in [5.41, 5.74) is -0.549. The average Bonchev–Trinajstić information content (AvgIpc) is 2.57. The molecule has 1 aromatic rings. The maximum Gasteiger partial charge on any atom is 0.328 e. The van der Waals surface area contributed by atoms with Crippen LogP contribution in [0.3, 0.4) is 0 Å². The molecule has 1 saturated heterocycles. The molecule has 2 rings (SSSR count). The molecule has 1 aliphatic heterocycles. The Bertz CT molecular complexity index is 513. The van der Waals surface area contributed by atoms with Crippen LogP contribution in [0.5, 0.6) is 0 Å². The first-order chi connectivity index (χ1) is 8.04. The lowest BCUT2D eigenvalue weighted by Crippen LogP contribution is -2.35. The average molecular weight is 260 g/mol. The van der Waals surface area contributed by atoms with Crippen LogP contribution < -0.4 is 5.69 Å². The van der Waals surface area contributed by atoms with Crippen molar-refractivity contribution in [2.45, 2.75) is 24.5 Å². The Morgan fingerprint density at radius 1 is 1.47 bits per heavy atom. The van der Waals surface area contributed by atoms with E-state index in [4.69, 9.17) is 22.1 Å². The van der Waals surface area contributed by atoms with Gasteiger partial charge in [0.05, 0.1) is 6.61 Å². The summed E-state index contributed by atoms with van der Waals surface area (Å²) in [4.78, 5) is 14.0. The van der Waals surface area contributed by atoms with Crippen molar-refractivity contribution in [2.75, 3.05) is 6.61 Å². The third-order valence-electron chi connectivity index (χ3n) is 2.64. The number of aliphatic hydroxyl groups is 3. The summed E-state index contributed by atoms with van der Waals surface area (Å²) in [5, 5.41) is 28.2. The van der Waals surface area contributed by atoms with E-state index in [9.17, 15) is 15.0 Å². The van der Waals surface area contributed by atoms with Crippen LogP contribution in [0.4, 0.5) is 0 Å². The summed E-state index contributed by atoms with van der Waals surface area (Å²) in [6.07, 6.45) is -3.11. The van der Waals surface area contributed by atoms with Crippen LogP contribution in [-0.4, -0.2) is 49.8 Å². The van der Waals surface area contributed by atoms with Gasteiger partial charge in [-0.25, -0.2) is 4.79 Å². The van der Waals surface area contributed by atoms with Gasteiger partial charge in [0.2, 0.25) is 0 Å². The van der Waals surface area contributed by atoms with Crippen LogP contribution in [0.2, 0.25) is 0 Å².